The van der Waals surface area contributed by atoms with E-state index in [1.807, 2.05) is 33.3 Å². The number of ether oxygens (including phenoxy) is 1. The highest BCUT2D eigenvalue weighted by Gasteiger charge is 2.30. The van der Waals surface area contributed by atoms with E-state index in [4.69, 9.17) is 13.8 Å². The van der Waals surface area contributed by atoms with Gasteiger partial charge in [-0.05, 0) is 31.8 Å². The number of unbranched alkanes of at least 4 members (excludes halogenated alkanes) is 34. The van der Waals surface area contributed by atoms with Gasteiger partial charge in [-0.25, -0.2) is 4.57 Å². The normalized spacial score (nSPS) is 13.9. The largest absolute Gasteiger partial charge is 0.472 e. The first-order valence-corrected chi connectivity index (χ1v) is 29.0. The summed E-state index contributed by atoms with van der Waals surface area (Å²) in [6.45, 7) is 7.03. The minimum absolute atomic E-state index is 0.0453. The number of hydrogen-bond acceptors (Lipinski definition) is 6. The van der Waals surface area contributed by atoms with Gasteiger partial charge < -0.3 is 19.4 Å². The van der Waals surface area contributed by atoms with E-state index in [1.165, 1.54) is 180 Å². The average molecular weight is 928 g/mol. The van der Waals surface area contributed by atoms with E-state index >= 15 is 0 Å². The van der Waals surface area contributed by atoms with E-state index in [0.29, 0.717) is 23.9 Å². The highest BCUT2D eigenvalue weighted by Crippen LogP contribution is 2.43. The third-order valence-corrected chi connectivity index (χ3v) is 13.5. The number of phosphoric acid groups is 1. The van der Waals surface area contributed by atoms with E-state index in [2.05, 4.69) is 26.1 Å². The summed E-state index contributed by atoms with van der Waals surface area (Å²) in [6.07, 6.45) is 49.1. The summed E-state index contributed by atoms with van der Waals surface area (Å²) in [5.41, 5.74) is 0. The molecule has 64 heavy (non-hydrogen) atoms. The monoisotopic (exact) mass is 928 g/mol. The van der Waals surface area contributed by atoms with E-state index in [9.17, 15) is 19.0 Å². The molecule has 0 spiro atoms. The maximum absolute atomic E-state index is 13.4. The van der Waals surface area contributed by atoms with Gasteiger partial charge in [0.2, 0.25) is 5.91 Å². The van der Waals surface area contributed by atoms with Gasteiger partial charge in [-0.15, -0.1) is 0 Å². The van der Waals surface area contributed by atoms with Crippen LogP contribution in [-0.4, -0.2) is 74.3 Å². The Morgan fingerprint density at radius 3 is 1.28 bits per heavy atom. The second-order valence-electron chi connectivity index (χ2n) is 20.1. The van der Waals surface area contributed by atoms with Gasteiger partial charge >= 0.3 is 13.8 Å². The molecule has 380 valence electrons. The van der Waals surface area contributed by atoms with Crippen LogP contribution in [0.4, 0.5) is 0 Å². The van der Waals surface area contributed by atoms with Gasteiger partial charge in [0, 0.05) is 12.8 Å². The number of quaternary nitrogens is 1. The Hall–Kier alpha value is -1.25. The zero-order valence-corrected chi connectivity index (χ0v) is 44.2. The number of carbonyl (C=O) groups is 2. The molecule has 1 amide bonds. The van der Waals surface area contributed by atoms with Crippen molar-refractivity contribution in [2.45, 2.75) is 283 Å². The van der Waals surface area contributed by atoms with Gasteiger partial charge in [0.05, 0.1) is 33.8 Å². The molecule has 0 aliphatic heterocycles. The van der Waals surface area contributed by atoms with Gasteiger partial charge in [-0.3, -0.25) is 18.6 Å². The van der Waals surface area contributed by atoms with Crippen LogP contribution in [0.1, 0.15) is 271 Å². The fourth-order valence-corrected chi connectivity index (χ4v) is 8.91. The van der Waals surface area contributed by atoms with Crippen molar-refractivity contribution >= 4 is 19.7 Å². The Morgan fingerprint density at radius 1 is 0.531 bits per heavy atom. The van der Waals surface area contributed by atoms with Gasteiger partial charge in [-0.1, -0.05) is 239 Å². The van der Waals surface area contributed by atoms with Gasteiger partial charge in [0.25, 0.3) is 0 Å². The number of nitrogens with one attached hydrogen (secondary N) is 1. The Morgan fingerprint density at radius 2 is 0.891 bits per heavy atom. The van der Waals surface area contributed by atoms with Crippen LogP contribution < -0.4 is 5.32 Å². The Bertz CT molecular complexity index is 1110. The zero-order valence-electron chi connectivity index (χ0n) is 43.3. The lowest BCUT2D eigenvalue weighted by atomic mass is 10.0. The molecule has 0 saturated heterocycles. The fraction of sp³-hybridized carbons (Fsp3) is 0.926. The summed E-state index contributed by atoms with van der Waals surface area (Å²) in [4.78, 5) is 37.4. The van der Waals surface area contributed by atoms with Crippen LogP contribution in [0.5, 0.6) is 0 Å². The van der Waals surface area contributed by atoms with Crippen LogP contribution in [0.15, 0.2) is 12.2 Å². The number of phosphoric ester groups is 1. The molecule has 9 nitrogen and oxygen atoms in total. The summed E-state index contributed by atoms with van der Waals surface area (Å²) in [6, 6.07) is -0.837. The third kappa shape index (κ3) is 45.9. The van der Waals surface area contributed by atoms with Crippen molar-refractivity contribution in [3.63, 3.8) is 0 Å². The lowest BCUT2D eigenvalue weighted by molar-refractivity contribution is -0.870. The van der Waals surface area contributed by atoms with Crippen molar-refractivity contribution in [1.82, 2.24) is 5.32 Å². The predicted octanol–water partition coefficient (Wildman–Crippen LogP) is 16.1. The summed E-state index contributed by atoms with van der Waals surface area (Å²) >= 11 is 0. The first kappa shape index (κ1) is 62.8. The lowest BCUT2D eigenvalue weighted by Crippen LogP contribution is -2.47. The first-order valence-electron chi connectivity index (χ1n) is 27.5. The second-order valence-corrected chi connectivity index (χ2v) is 21.6. The Labute approximate surface area is 397 Å². The number of hydrogen-bond donors (Lipinski definition) is 2. The number of allylic oxidation sites excluding steroid dienone is 1. The number of carbonyl (C=O) groups excluding carboxylic acids is 2. The van der Waals surface area contributed by atoms with Crippen LogP contribution in [0.3, 0.4) is 0 Å². The van der Waals surface area contributed by atoms with E-state index in [-0.39, 0.29) is 25.1 Å². The van der Waals surface area contributed by atoms with Gasteiger partial charge in [0.15, 0.2) is 0 Å². The molecule has 0 aliphatic carbocycles. The molecule has 0 heterocycles. The first-order chi connectivity index (χ1) is 30.9. The number of likely N-dealkylation sites (N-methyl/N-ethyl adjacent to an activating group) is 1. The minimum Gasteiger partial charge on any atom is -0.456 e. The van der Waals surface area contributed by atoms with E-state index < -0.39 is 20.0 Å². The standard InChI is InChI=1S/C54H107N2O7P/c1-7-10-13-16-19-22-25-27-29-32-34-37-40-43-46-53(57)55-51(50-62-64(59,60)61-49-48-56(4,5)6)52(45-42-39-36-33-31-28-26-23-20-17-14-11-8-2)63-54(58)47-44-41-38-35-30-24-21-18-15-12-9-3/h42,45,51-52H,7-41,43-44,46-50H2,1-6H3,(H-,55,57,59,60)/p+1/b45-42+. The molecule has 0 saturated carbocycles. The molecule has 0 aromatic rings. The van der Waals surface area contributed by atoms with Crippen LogP contribution in [0.25, 0.3) is 0 Å². The van der Waals surface area contributed by atoms with Crippen molar-refractivity contribution in [3.05, 3.63) is 12.2 Å². The average Bonchev–Trinajstić information content (AvgIpc) is 3.25. The molecule has 2 N–H and O–H groups in total. The third-order valence-electron chi connectivity index (χ3n) is 12.5. The summed E-state index contributed by atoms with van der Waals surface area (Å²) in [5, 5.41) is 3.05. The number of esters is 1. The zero-order chi connectivity index (χ0) is 47.3. The minimum atomic E-state index is -4.43. The molecular weight excluding hydrogens is 820 g/mol. The molecule has 0 aromatic carbocycles. The summed E-state index contributed by atoms with van der Waals surface area (Å²) in [7, 11) is 1.51. The van der Waals surface area contributed by atoms with Crippen molar-refractivity contribution < 1.29 is 37.3 Å². The molecule has 0 aliphatic rings. The lowest BCUT2D eigenvalue weighted by Gasteiger charge is -2.27. The number of amides is 1. The SMILES string of the molecule is CCCCCCCCCCCCC/C=C/C(OC(=O)CCCCCCCCCCCCC)C(COP(=O)(O)OCC[N+](C)(C)C)NC(=O)CCCCCCCCCCCCCCCC. The predicted molar refractivity (Wildman–Crippen MR) is 273 cm³/mol. The second kappa shape index (κ2) is 45.5. The molecule has 3 unspecified atom stereocenters. The van der Waals surface area contributed by atoms with Gasteiger partial charge in [-0.2, -0.15) is 0 Å². The van der Waals surface area contributed by atoms with Crippen LogP contribution >= 0.6 is 7.82 Å². The Balaban J connectivity index is 5.37. The highest BCUT2D eigenvalue weighted by molar-refractivity contribution is 7.47. The summed E-state index contributed by atoms with van der Waals surface area (Å²) in [5.74, 6) is -0.491. The maximum Gasteiger partial charge on any atom is 0.472 e. The smallest absolute Gasteiger partial charge is 0.456 e. The quantitative estimate of drug-likeness (QED) is 0.0205. The highest BCUT2D eigenvalue weighted by atomic mass is 31.2. The molecule has 0 radical (unpaired) electrons. The molecule has 3 atom stereocenters. The van der Waals surface area contributed by atoms with Gasteiger partial charge in [0.1, 0.15) is 19.3 Å². The number of rotatable bonds is 50. The molecule has 10 heteroatoms. The molecule has 0 fully saturated rings. The molecule has 0 bridgehead atoms. The van der Waals surface area contributed by atoms with Crippen LogP contribution in [-0.2, 0) is 27.9 Å². The van der Waals surface area contributed by atoms with E-state index in [1.54, 1.807) is 0 Å². The topological polar surface area (TPSA) is 111 Å². The molecule has 0 aromatic heterocycles. The van der Waals surface area contributed by atoms with Crippen LogP contribution in [0, 0.1) is 0 Å². The molecule has 0 rings (SSSR count). The fourth-order valence-electron chi connectivity index (χ4n) is 8.18. The maximum atomic E-state index is 13.4. The van der Waals surface area contributed by atoms with Crippen molar-refractivity contribution in [2.75, 3.05) is 40.9 Å². The Kier molecular flexibility index (Phi) is 44.6. The number of nitrogens with zero attached hydrogens (tertiary/aromatic N) is 1. The van der Waals surface area contributed by atoms with Crippen LogP contribution in [0.2, 0.25) is 0 Å². The summed E-state index contributed by atoms with van der Waals surface area (Å²) < 4.78 is 30.5. The van der Waals surface area contributed by atoms with Crippen molar-refractivity contribution in [1.29, 1.82) is 0 Å². The van der Waals surface area contributed by atoms with Crippen molar-refractivity contribution in [3.8, 4) is 0 Å². The van der Waals surface area contributed by atoms with E-state index in [0.717, 1.165) is 57.8 Å². The van der Waals surface area contributed by atoms with Crippen molar-refractivity contribution in [2.24, 2.45) is 0 Å². The molecular formula is C54H108N2O7P+.